The minimum atomic E-state index is 0.546. The van der Waals surface area contributed by atoms with Crippen molar-refractivity contribution in [3.63, 3.8) is 0 Å². The van der Waals surface area contributed by atoms with Gasteiger partial charge in [-0.15, -0.1) is 0 Å². The van der Waals surface area contributed by atoms with E-state index in [2.05, 4.69) is 60.3 Å². The maximum Gasteiger partial charge on any atom is 0.118 e. The van der Waals surface area contributed by atoms with Crippen molar-refractivity contribution < 1.29 is 4.42 Å². The van der Waals surface area contributed by atoms with Crippen molar-refractivity contribution in [1.29, 1.82) is 0 Å². The molecule has 0 amide bonds. The second-order valence-electron chi connectivity index (χ2n) is 7.01. The molecule has 1 aromatic heterocycles. The van der Waals surface area contributed by atoms with Gasteiger partial charge < -0.3 is 9.32 Å². The molecule has 4 rings (SSSR count). The summed E-state index contributed by atoms with van der Waals surface area (Å²) in [5.41, 5.74) is 3.10. The van der Waals surface area contributed by atoms with Crippen molar-refractivity contribution in [1.82, 2.24) is 9.80 Å². The number of aryl methyl sites for hydroxylation is 1. The summed E-state index contributed by atoms with van der Waals surface area (Å²) in [6.45, 7) is 5.25. The number of fused-ring (bicyclic) bond motifs is 3. The van der Waals surface area contributed by atoms with Gasteiger partial charge in [-0.1, -0.05) is 24.3 Å². The third kappa shape index (κ3) is 2.20. The lowest BCUT2D eigenvalue weighted by Gasteiger charge is -2.27. The fraction of sp³-hybridized carbons (Fsp3) is 0.474. The lowest BCUT2D eigenvalue weighted by atomic mass is 9.94. The fourth-order valence-electron chi connectivity index (χ4n) is 4.49. The Morgan fingerprint density at radius 3 is 2.55 bits per heavy atom. The average Bonchev–Trinajstić information content (AvgIpc) is 3.13. The Balaban J connectivity index is 1.58. The van der Waals surface area contributed by atoms with Gasteiger partial charge in [0.2, 0.25) is 0 Å². The maximum atomic E-state index is 5.76. The lowest BCUT2D eigenvalue weighted by molar-refractivity contribution is 0.208. The highest BCUT2D eigenvalue weighted by molar-refractivity contribution is 5.41. The van der Waals surface area contributed by atoms with E-state index in [9.17, 15) is 0 Å². The molecule has 0 radical (unpaired) electrons. The van der Waals surface area contributed by atoms with Gasteiger partial charge in [0, 0.05) is 25.0 Å². The molecule has 0 N–H and O–H groups in total. The van der Waals surface area contributed by atoms with Crippen LogP contribution in [0.2, 0.25) is 0 Å². The van der Waals surface area contributed by atoms with Crippen LogP contribution in [0.3, 0.4) is 0 Å². The molecule has 0 saturated carbocycles. The highest BCUT2D eigenvalue weighted by Crippen LogP contribution is 2.51. The molecule has 3 heteroatoms. The lowest BCUT2D eigenvalue weighted by Crippen LogP contribution is -2.28. The quantitative estimate of drug-likeness (QED) is 0.865. The van der Waals surface area contributed by atoms with Gasteiger partial charge in [-0.05, 0) is 50.2 Å². The Hall–Kier alpha value is -1.58. The molecule has 1 saturated heterocycles. The van der Waals surface area contributed by atoms with E-state index in [0.717, 1.165) is 31.2 Å². The van der Waals surface area contributed by atoms with Crippen LogP contribution in [0, 0.1) is 12.8 Å². The Bertz CT molecular complexity index is 676. The molecule has 3 nitrogen and oxygen atoms in total. The Labute approximate surface area is 132 Å². The summed E-state index contributed by atoms with van der Waals surface area (Å²) >= 11 is 0. The highest BCUT2D eigenvalue weighted by Gasteiger charge is 2.46. The molecule has 1 fully saturated rings. The van der Waals surface area contributed by atoms with Crippen LogP contribution in [0.5, 0.6) is 0 Å². The molecule has 22 heavy (non-hydrogen) atoms. The van der Waals surface area contributed by atoms with Crippen LogP contribution in [0.1, 0.15) is 34.6 Å². The fourth-order valence-corrected chi connectivity index (χ4v) is 4.49. The van der Waals surface area contributed by atoms with E-state index >= 15 is 0 Å². The molecule has 0 bridgehead atoms. The zero-order chi connectivity index (χ0) is 15.3. The Kier molecular flexibility index (Phi) is 3.35. The van der Waals surface area contributed by atoms with E-state index < -0.39 is 0 Å². The minimum absolute atomic E-state index is 0.546. The largest absolute Gasteiger partial charge is 0.465 e. The molecule has 1 aromatic carbocycles. The highest BCUT2D eigenvalue weighted by atomic mass is 16.3. The molecule has 1 aliphatic heterocycles. The molecular weight excluding hydrogens is 272 g/mol. The molecule has 3 atom stereocenters. The molecule has 2 heterocycles. The van der Waals surface area contributed by atoms with Gasteiger partial charge in [-0.3, -0.25) is 4.90 Å². The summed E-state index contributed by atoms with van der Waals surface area (Å²) in [5, 5.41) is 0. The van der Waals surface area contributed by atoms with Crippen LogP contribution in [0.25, 0.3) is 0 Å². The predicted molar refractivity (Wildman–Crippen MR) is 87.8 cm³/mol. The number of hydrogen-bond acceptors (Lipinski definition) is 3. The maximum absolute atomic E-state index is 5.76. The Morgan fingerprint density at radius 2 is 1.86 bits per heavy atom. The summed E-state index contributed by atoms with van der Waals surface area (Å²) in [6.07, 6.45) is 0. The smallest absolute Gasteiger partial charge is 0.118 e. The normalized spacial score (nSPS) is 27.4. The zero-order valence-electron chi connectivity index (χ0n) is 13.6. The van der Waals surface area contributed by atoms with E-state index in [-0.39, 0.29) is 0 Å². The van der Waals surface area contributed by atoms with Crippen molar-refractivity contribution in [3.8, 4) is 0 Å². The third-order valence-corrected chi connectivity index (χ3v) is 5.29. The number of furan rings is 1. The molecule has 2 aromatic rings. The van der Waals surface area contributed by atoms with Crippen molar-refractivity contribution in [2.75, 3.05) is 27.2 Å². The van der Waals surface area contributed by atoms with Gasteiger partial charge in [0.05, 0.1) is 6.54 Å². The first kappa shape index (κ1) is 14.0. The molecule has 1 aliphatic carbocycles. The number of likely N-dealkylation sites (tertiary alicyclic amines) is 1. The summed E-state index contributed by atoms with van der Waals surface area (Å²) in [5.74, 6) is 3.46. The molecule has 116 valence electrons. The van der Waals surface area contributed by atoms with Gasteiger partial charge in [-0.2, -0.15) is 0 Å². The van der Waals surface area contributed by atoms with Crippen LogP contribution >= 0.6 is 0 Å². The standard InChI is InChI=1S/C19H24N2O/c1-13-8-9-14(22-13)10-21-11-17-15-6-4-5-7-16(15)19(20(2)3)18(17)12-21/h4-9,17-19H,10-12H2,1-3H3/t17-,18-,19-/m0/s1. The SMILES string of the molecule is Cc1ccc(CN2C[C@H]3[C@@H](C2)c2ccccc2[C@@H]3N(C)C)o1. The Morgan fingerprint density at radius 1 is 1.09 bits per heavy atom. The minimum Gasteiger partial charge on any atom is -0.465 e. The monoisotopic (exact) mass is 296 g/mol. The zero-order valence-corrected chi connectivity index (χ0v) is 13.6. The van der Waals surface area contributed by atoms with Gasteiger partial charge >= 0.3 is 0 Å². The van der Waals surface area contributed by atoms with Crippen LogP contribution < -0.4 is 0 Å². The number of nitrogens with zero attached hydrogens (tertiary/aromatic N) is 2. The van der Waals surface area contributed by atoms with Crippen molar-refractivity contribution in [2.45, 2.75) is 25.4 Å². The van der Waals surface area contributed by atoms with E-state index in [4.69, 9.17) is 4.42 Å². The average molecular weight is 296 g/mol. The summed E-state index contributed by atoms with van der Waals surface area (Å²) in [7, 11) is 4.42. The van der Waals surface area contributed by atoms with Crippen LogP contribution in [-0.4, -0.2) is 37.0 Å². The van der Waals surface area contributed by atoms with Crippen LogP contribution in [-0.2, 0) is 6.54 Å². The number of benzene rings is 1. The van der Waals surface area contributed by atoms with E-state index in [1.807, 2.05) is 6.92 Å². The van der Waals surface area contributed by atoms with Gasteiger partial charge in [0.15, 0.2) is 0 Å². The van der Waals surface area contributed by atoms with Crippen molar-refractivity contribution in [2.24, 2.45) is 5.92 Å². The topological polar surface area (TPSA) is 19.6 Å². The summed E-state index contributed by atoms with van der Waals surface area (Å²) < 4.78 is 5.76. The van der Waals surface area contributed by atoms with E-state index in [0.29, 0.717) is 17.9 Å². The number of hydrogen-bond donors (Lipinski definition) is 0. The molecule has 0 unspecified atom stereocenters. The summed E-state index contributed by atoms with van der Waals surface area (Å²) in [6, 6.07) is 13.7. The van der Waals surface area contributed by atoms with Crippen LogP contribution in [0.15, 0.2) is 40.8 Å². The van der Waals surface area contributed by atoms with Gasteiger partial charge in [-0.25, -0.2) is 0 Å². The van der Waals surface area contributed by atoms with E-state index in [1.54, 1.807) is 5.56 Å². The van der Waals surface area contributed by atoms with Gasteiger partial charge in [0.1, 0.15) is 11.5 Å². The van der Waals surface area contributed by atoms with Crippen molar-refractivity contribution in [3.05, 3.63) is 59.0 Å². The molecule has 0 spiro atoms. The van der Waals surface area contributed by atoms with E-state index in [1.165, 1.54) is 5.56 Å². The van der Waals surface area contributed by atoms with Gasteiger partial charge in [0.25, 0.3) is 0 Å². The second-order valence-corrected chi connectivity index (χ2v) is 7.01. The molecular formula is C19H24N2O. The molecule has 2 aliphatic rings. The number of rotatable bonds is 3. The second kappa shape index (κ2) is 5.25. The predicted octanol–water partition coefficient (Wildman–Crippen LogP) is 3.42. The first-order valence-electron chi connectivity index (χ1n) is 8.16. The van der Waals surface area contributed by atoms with Crippen molar-refractivity contribution >= 4 is 0 Å². The van der Waals surface area contributed by atoms with Crippen LogP contribution in [0.4, 0.5) is 0 Å². The third-order valence-electron chi connectivity index (χ3n) is 5.29. The first-order valence-corrected chi connectivity index (χ1v) is 8.16. The first-order chi connectivity index (χ1) is 10.6. The summed E-state index contributed by atoms with van der Waals surface area (Å²) in [4.78, 5) is 4.95.